The van der Waals surface area contributed by atoms with Crippen molar-refractivity contribution in [1.29, 1.82) is 0 Å². The van der Waals surface area contributed by atoms with Gasteiger partial charge in [0, 0.05) is 5.41 Å². The van der Waals surface area contributed by atoms with Gasteiger partial charge >= 0.3 is 0 Å². The molecule has 2 aromatic rings. The third-order valence-corrected chi connectivity index (χ3v) is 14.9. The quantitative estimate of drug-likeness (QED) is 0.299. The molecule has 1 spiro atoms. The minimum absolute atomic E-state index is 0.0327. The summed E-state index contributed by atoms with van der Waals surface area (Å²) in [5, 5.41) is 0. The maximum absolute atomic E-state index is 2.77. The van der Waals surface area contributed by atoms with Gasteiger partial charge < -0.3 is 0 Å². The summed E-state index contributed by atoms with van der Waals surface area (Å²) < 4.78 is 0. The van der Waals surface area contributed by atoms with E-state index in [2.05, 4.69) is 119 Å². The van der Waals surface area contributed by atoms with Crippen LogP contribution < -0.4 is 0 Å². The zero-order valence-electron chi connectivity index (χ0n) is 30.9. The average molecular weight is 595 g/mol. The summed E-state index contributed by atoms with van der Waals surface area (Å²) in [6.45, 7) is 30.4. The van der Waals surface area contributed by atoms with Gasteiger partial charge in [-0.3, -0.25) is 0 Å². The largest absolute Gasteiger partial charge is 0.0654 e. The molecule has 0 aliphatic heterocycles. The van der Waals surface area contributed by atoms with Gasteiger partial charge in [0.05, 0.1) is 0 Å². The third-order valence-electron chi connectivity index (χ3n) is 14.9. The van der Waals surface area contributed by atoms with Crippen molar-refractivity contribution in [2.24, 2.45) is 33.5 Å². The Labute approximate surface area is 272 Å². The number of hydrogen-bond donors (Lipinski definition) is 0. The highest BCUT2D eigenvalue weighted by Gasteiger charge is 2.81. The fourth-order valence-corrected chi connectivity index (χ4v) is 12.5. The summed E-state index contributed by atoms with van der Waals surface area (Å²) in [5.41, 5.74) is 11.2. The second-order valence-corrected chi connectivity index (χ2v) is 19.4. The molecule has 0 radical (unpaired) electrons. The summed E-state index contributed by atoms with van der Waals surface area (Å²) in [4.78, 5) is 0. The summed E-state index contributed by atoms with van der Waals surface area (Å²) in [7, 11) is 0. The van der Waals surface area contributed by atoms with E-state index in [1.54, 1.807) is 22.3 Å². The molecule has 3 saturated carbocycles. The lowest BCUT2D eigenvalue weighted by Crippen LogP contribution is -2.66. The molecule has 0 saturated heterocycles. The van der Waals surface area contributed by atoms with Gasteiger partial charge in [-0.05, 0) is 116 Å². The second-order valence-electron chi connectivity index (χ2n) is 19.4. The minimum Gasteiger partial charge on any atom is -0.0654 e. The van der Waals surface area contributed by atoms with Crippen LogP contribution in [0, 0.1) is 33.5 Å². The van der Waals surface area contributed by atoms with E-state index in [4.69, 9.17) is 0 Å². The van der Waals surface area contributed by atoms with Crippen molar-refractivity contribution in [1.82, 2.24) is 0 Å². The molecule has 2 bridgehead atoms. The molecular formula is C44H66. The van der Waals surface area contributed by atoms with Crippen molar-refractivity contribution < 1.29 is 0 Å². The molecule has 4 aliphatic carbocycles. The van der Waals surface area contributed by atoms with Crippen LogP contribution in [-0.4, -0.2) is 0 Å². The molecule has 0 N–H and O–H groups in total. The molecule has 4 aliphatic rings. The fraction of sp³-hybridized carbons (Fsp3) is 0.727. The van der Waals surface area contributed by atoms with E-state index < -0.39 is 0 Å². The molecule has 0 heteroatoms. The normalized spacial score (nSPS) is 30.1. The monoisotopic (exact) mass is 595 g/mol. The van der Waals surface area contributed by atoms with Gasteiger partial charge in [0.15, 0.2) is 0 Å². The van der Waals surface area contributed by atoms with Crippen molar-refractivity contribution in [2.75, 3.05) is 0 Å². The Morgan fingerprint density at radius 3 is 1.84 bits per heavy atom. The first-order valence-electron chi connectivity index (χ1n) is 18.7. The number of rotatable bonds is 7. The van der Waals surface area contributed by atoms with Gasteiger partial charge in [0.1, 0.15) is 0 Å². The summed E-state index contributed by atoms with van der Waals surface area (Å²) in [6, 6.07) is 15.6. The third kappa shape index (κ3) is 4.06. The highest BCUT2D eigenvalue weighted by Crippen LogP contribution is 2.87. The van der Waals surface area contributed by atoms with E-state index in [0.29, 0.717) is 16.2 Å². The van der Waals surface area contributed by atoms with Crippen LogP contribution in [0.4, 0.5) is 0 Å². The smallest absolute Gasteiger partial charge is 0.0284 e. The predicted octanol–water partition coefficient (Wildman–Crippen LogP) is 13.2. The molecule has 4 atom stereocenters. The van der Waals surface area contributed by atoms with Crippen molar-refractivity contribution in [3.05, 3.63) is 58.7 Å². The highest BCUT2D eigenvalue weighted by atomic mass is 14.8. The van der Waals surface area contributed by atoms with Gasteiger partial charge in [-0.15, -0.1) is 0 Å². The van der Waals surface area contributed by atoms with Crippen molar-refractivity contribution in [3.63, 3.8) is 0 Å². The molecule has 2 aromatic carbocycles. The Balaban J connectivity index is 1.79. The van der Waals surface area contributed by atoms with Crippen LogP contribution in [-0.2, 0) is 16.2 Å². The molecular weight excluding hydrogens is 528 g/mol. The molecule has 6 rings (SSSR count). The summed E-state index contributed by atoms with van der Waals surface area (Å²) in [6.07, 6.45) is 15.1. The van der Waals surface area contributed by atoms with Crippen molar-refractivity contribution in [3.8, 4) is 11.1 Å². The molecule has 0 aromatic heterocycles. The van der Waals surface area contributed by atoms with Crippen LogP contribution in [0.1, 0.15) is 176 Å². The molecule has 0 nitrogen and oxygen atoms in total. The topological polar surface area (TPSA) is 0 Å². The number of unbranched alkanes of at least 4 members (excludes halogenated alkanes) is 1. The van der Waals surface area contributed by atoms with E-state index in [1.807, 2.05) is 0 Å². The molecule has 242 valence electrons. The lowest BCUT2D eigenvalue weighted by molar-refractivity contribution is -0.191. The lowest BCUT2D eigenvalue weighted by Gasteiger charge is -2.71. The zero-order chi connectivity index (χ0) is 32.1. The van der Waals surface area contributed by atoms with Gasteiger partial charge in [-0.25, -0.2) is 0 Å². The van der Waals surface area contributed by atoms with Gasteiger partial charge in [0.25, 0.3) is 0 Å². The van der Waals surface area contributed by atoms with Crippen LogP contribution in [0.5, 0.6) is 0 Å². The Kier molecular flexibility index (Phi) is 7.52. The van der Waals surface area contributed by atoms with E-state index in [9.17, 15) is 0 Å². The Morgan fingerprint density at radius 1 is 0.773 bits per heavy atom. The van der Waals surface area contributed by atoms with Crippen LogP contribution in [0.3, 0.4) is 0 Å². The number of benzene rings is 2. The van der Waals surface area contributed by atoms with Crippen LogP contribution in [0.2, 0.25) is 0 Å². The molecule has 0 amide bonds. The molecule has 0 heterocycles. The fourth-order valence-electron chi connectivity index (χ4n) is 12.5. The van der Waals surface area contributed by atoms with Gasteiger partial charge in [0.2, 0.25) is 0 Å². The predicted molar refractivity (Wildman–Crippen MR) is 192 cm³/mol. The van der Waals surface area contributed by atoms with Gasteiger partial charge in [-0.2, -0.15) is 0 Å². The SMILES string of the molecule is CCCCC(CC)CC1(C23CCCC(C)(C)C24CCC(C4)C3(C)C)c2cc(C(C)(C)C)ccc2-c2ccc(C(C)(C)C)cc21. The maximum Gasteiger partial charge on any atom is 0.0284 e. The van der Waals surface area contributed by atoms with Gasteiger partial charge in [-0.1, -0.05) is 152 Å². The lowest BCUT2D eigenvalue weighted by atomic mass is 9.32. The first kappa shape index (κ1) is 32.4. The summed E-state index contributed by atoms with van der Waals surface area (Å²) in [5.74, 6) is 1.58. The van der Waals surface area contributed by atoms with E-state index in [1.165, 1.54) is 81.8 Å². The first-order valence-corrected chi connectivity index (χ1v) is 18.7. The Bertz CT molecular complexity index is 1340. The highest BCUT2D eigenvalue weighted by molar-refractivity contribution is 5.83. The van der Waals surface area contributed by atoms with Crippen LogP contribution in [0.25, 0.3) is 11.1 Å². The standard InChI is InChI=1S/C44H66/c1-13-15-17-30(14-2)28-43(44-24-16-23-40(9,10)42(44)25-22-33(29-42)41(44,11)12)36-26-31(38(3,4)5)18-20-34(36)35-21-19-32(27-37(35)43)39(6,7)8/h18-21,26-27,30,33H,13-17,22-25,28-29H2,1-12H3. The second kappa shape index (κ2) is 10.2. The Morgan fingerprint density at radius 2 is 1.34 bits per heavy atom. The summed E-state index contributed by atoms with van der Waals surface area (Å²) >= 11 is 0. The van der Waals surface area contributed by atoms with Crippen molar-refractivity contribution >= 4 is 0 Å². The maximum atomic E-state index is 2.77. The van der Waals surface area contributed by atoms with E-state index in [0.717, 1.165) is 11.8 Å². The van der Waals surface area contributed by atoms with Crippen molar-refractivity contribution in [2.45, 2.75) is 170 Å². The zero-order valence-corrected chi connectivity index (χ0v) is 30.9. The first-order chi connectivity index (χ1) is 20.4. The molecule has 4 unspecified atom stereocenters. The Hall–Kier alpha value is -1.56. The van der Waals surface area contributed by atoms with E-state index in [-0.39, 0.29) is 21.7 Å². The molecule has 44 heavy (non-hydrogen) atoms. The average Bonchev–Trinajstić information content (AvgIpc) is 3.57. The molecule has 3 fully saturated rings. The van der Waals surface area contributed by atoms with Crippen LogP contribution in [0.15, 0.2) is 36.4 Å². The minimum atomic E-state index is 0.0327. The van der Waals surface area contributed by atoms with E-state index >= 15 is 0 Å². The number of fused-ring (bicyclic) bond motifs is 4. The van der Waals surface area contributed by atoms with Crippen LogP contribution >= 0.6 is 0 Å². The number of hydrogen-bond acceptors (Lipinski definition) is 0.